The number of hydrogen-bond acceptors (Lipinski definition) is 2. The van der Waals surface area contributed by atoms with Gasteiger partial charge in [0.15, 0.2) is 0 Å². The van der Waals surface area contributed by atoms with Gasteiger partial charge in [-0.15, -0.1) is 0 Å². The predicted molar refractivity (Wildman–Crippen MR) is 55.4 cm³/mol. The lowest BCUT2D eigenvalue weighted by atomic mass is 10.1. The first-order chi connectivity index (χ1) is 6.08. The van der Waals surface area contributed by atoms with E-state index in [0.29, 0.717) is 12.5 Å². The molecule has 0 rings (SSSR count). The van der Waals surface area contributed by atoms with E-state index in [-0.39, 0.29) is 11.9 Å². The van der Waals surface area contributed by atoms with Gasteiger partial charge < -0.3 is 10.6 Å². The Morgan fingerprint density at radius 1 is 1.31 bits per heavy atom. The molecule has 0 aromatic heterocycles. The van der Waals surface area contributed by atoms with Gasteiger partial charge in [0.25, 0.3) is 0 Å². The van der Waals surface area contributed by atoms with Crippen molar-refractivity contribution in [3.63, 3.8) is 0 Å². The molecule has 78 valence electrons. The molecular weight excluding hydrogens is 164 g/mol. The van der Waals surface area contributed by atoms with Crippen molar-refractivity contribution in [1.29, 1.82) is 0 Å². The van der Waals surface area contributed by atoms with Gasteiger partial charge in [0.05, 0.1) is 6.04 Å². The van der Waals surface area contributed by atoms with E-state index in [2.05, 4.69) is 13.8 Å². The zero-order valence-electron chi connectivity index (χ0n) is 9.21. The molecule has 0 saturated heterocycles. The summed E-state index contributed by atoms with van der Waals surface area (Å²) in [6, 6.07) is -0.0240. The van der Waals surface area contributed by atoms with Gasteiger partial charge >= 0.3 is 0 Å². The van der Waals surface area contributed by atoms with Crippen molar-refractivity contribution >= 4 is 5.91 Å². The van der Waals surface area contributed by atoms with E-state index in [1.54, 1.807) is 0 Å². The molecular formula is C10H22N2O. The molecule has 0 spiro atoms. The van der Waals surface area contributed by atoms with Crippen molar-refractivity contribution in [3.05, 3.63) is 0 Å². The average Bonchev–Trinajstić information content (AvgIpc) is 2.17. The summed E-state index contributed by atoms with van der Waals surface area (Å²) < 4.78 is 0. The number of nitrogens with two attached hydrogens (primary N) is 1. The van der Waals surface area contributed by atoms with Crippen LogP contribution in [0.2, 0.25) is 0 Å². The Kier molecular flexibility index (Phi) is 5.71. The van der Waals surface area contributed by atoms with Crippen LogP contribution in [0.25, 0.3) is 0 Å². The van der Waals surface area contributed by atoms with Crippen LogP contribution in [-0.2, 0) is 4.79 Å². The molecule has 13 heavy (non-hydrogen) atoms. The fraction of sp³-hybridized carbons (Fsp3) is 0.900. The number of likely N-dealkylation sites (N-methyl/N-ethyl adjacent to an activating group) is 1. The van der Waals surface area contributed by atoms with Crippen LogP contribution in [-0.4, -0.2) is 29.4 Å². The van der Waals surface area contributed by atoms with E-state index < -0.39 is 0 Å². The van der Waals surface area contributed by atoms with Crippen molar-refractivity contribution in [1.82, 2.24) is 4.90 Å². The van der Waals surface area contributed by atoms with Crippen LogP contribution in [0.4, 0.5) is 0 Å². The molecule has 0 heterocycles. The van der Waals surface area contributed by atoms with E-state index in [4.69, 9.17) is 5.73 Å². The smallest absolute Gasteiger partial charge is 0.239 e. The van der Waals surface area contributed by atoms with Gasteiger partial charge in [0.1, 0.15) is 0 Å². The second-order valence-corrected chi connectivity index (χ2v) is 3.40. The summed E-state index contributed by atoms with van der Waals surface area (Å²) in [6.07, 6.45) is 1.70. The zero-order valence-corrected chi connectivity index (χ0v) is 9.21. The topological polar surface area (TPSA) is 46.3 Å². The molecule has 0 aromatic carbocycles. The zero-order chi connectivity index (χ0) is 10.4. The minimum Gasteiger partial charge on any atom is -0.339 e. The lowest BCUT2D eigenvalue weighted by Crippen LogP contribution is -2.47. The second kappa shape index (κ2) is 5.97. The Bertz CT molecular complexity index is 159. The van der Waals surface area contributed by atoms with Crippen LogP contribution in [0.1, 0.15) is 40.5 Å². The Hall–Kier alpha value is -0.570. The van der Waals surface area contributed by atoms with Crippen LogP contribution in [0.5, 0.6) is 0 Å². The fourth-order valence-corrected chi connectivity index (χ4v) is 1.29. The van der Waals surface area contributed by atoms with Crippen LogP contribution in [0, 0.1) is 0 Å². The molecule has 3 heteroatoms. The molecule has 0 bridgehead atoms. The third-order valence-corrected chi connectivity index (χ3v) is 2.50. The Morgan fingerprint density at radius 3 is 2.15 bits per heavy atom. The van der Waals surface area contributed by atoms with E-state index in [1.165, 1.54) is 0 Å². The minimum absolute atomic E-state index is 0.0827. The van der Waals surface area contributed by atoms with Crippen molar-refractivity contribution in [3.8, 4) is 0 Å². The molecule has 0 aliphatic rings. The summed E-state index contributed by atoms with van der Waals surface area (Å²) in [7, 11) is 0. The van der Waals surface area contributed by atoms with Crippen LogP contribution < -0.4 is 5.73 Å². The van der Waals surface area contributed by atoms with E-state index in [9.17, 15) is 4.79 Å². The Labute approximate surface area is 81.3 Å². The van der Waals surface area contributed by atoms with E-state index in [1.807, 2.05) is 18.7 Å². The van der Waals surface area contributed by atoms with Gasteiger partial charge in [-0.3, -0.25) is 4.79 Å². The maximum absolute atomic E-state index is 11.7. The number of amides is 1. The Balaban J connectivity index is 4.31. The van der Waals surface area contributed by atoms with E-state index in [0.717, 1.165) is 13.0 Å². The van der Waals surface area contributed by atoms with Gasteiger partial charge in [-0.05, 0) is 26.7 Å². The number of rotatable bonds is 5. The van der Waals surface area contributed by atoms with Crippen LogP contribution in [0.15, 0.2) is 0 Å². The molecule has 2 atom stereocenters. The standard InChI is InChI=1S/C10H22N2O/c1-5-8(4)12(7-3)10(13)9(11)6-2/h8-9H,5-7,11H2,1-4H3/t8?,9-/m1/s1. The molecule has 0 aliphatic carbocycles. The van der Waals surface area contributed by atoms with Crippen molar-refractivity contribution in [2.75, 3.05) is 6.54 Å². The van der Waals surface area contributed by atoms with Gasteiger partial charge in [0.2, 0.25) is 5.91 Å². The summed E-state index contributed by atoms with van der Waals surface area (Å²) >= 11 is 0. The summed E-state index contributed by atoms with van der Waals surface area (Å²) in [5.74, 6) is 0.0827. The van der Waals surface area contributed by atoms with Crippen LogP contribution >= 0.6 is 0 Å². The number of hydrogen-bond donors (Lipinski definition) is 1. The molecule has 1 unspecified atom stereocenters. The first-order valence-corrected chi connectivity index (χ1v) is 5.14. The molecule has 2 N–H and O–H groups in total. The lowest BCUT2D eigenvalue weighted by Gasteiger charge is -2.29. The summed E-state index contributed by atoms with van der Waals surface area (Å²) in [4.78, 5) is 13.6. The first-order valence-electron chi connectivity index (χ1n) is 5.14. The molecule has 0 aliphatic heterocycles. The largest absolute Gasteiger partial charge is 0.339 e. The summed E-state index contributed by atoms with van der Waals surface area (Å²) in [5.41, 5.74) is 5.69. The SMILES string of the molecule is CCC(C)N(CC)C(=O)[C@H](N)CC. The predicted octanol–water partition coefficient (Wildman–Crippen LogP) is 1.37. The third kappa shape index (κ3) is 3.35. The molecule has 0 aromatic rings. The summed E-state index contributed by atoms with van der Waals surface area (Å²) in [5, 5.41) is 0. The highest BCUT2D eigenvalue weighted by atomic mass is 16.2. The van der Waals surface area contributed by atoms with Crippen molar-refractivity contribution in [2.45, 2.75) is 52.6 Å². The highest BCUT2D eigenvalue weighted by molar-refractivity contribution is 5.81. The van der Waals surface area contributed by atoms with Gasteiger partial charge in [-0.1, -0.05) is 13.8 Å². The fourth-order valence-electron chi connectivity index (χ4n) is 1.29. The first kappa shape index (κ1) is 12.4. The third-order valence-electron chi connectivity index (χ3n) is 2.50. The van der Waals surface area contributed by atoms with Crippen LogP contribution in [0.3, 0.4) is 0 Å². The number of nitrogens with zero attached hydrogens (tertiary/aromatic N) is 1. The van der Waals surface area contributed by atoms with Crippen molar-refractivity contribution < 1.29 is 4.79 Å². The normalized spacial score (nSPS) is 15.2. The molecule has 0 radical (unpaired) electrons. The maximum Gasteiger partial charge on any atom is 0.239 e. The van der Waals surface area contributed by atoms with Crippen molar-refractivity contribution in [2.24, 2.45) is 5.73 Å². The van der Waals surface area contributed by atoms with Gasteiger partial charge in [0, 0.05) is 12.6 Å². The molecule has 0 fully saturated rings. The average molecular weight is 186 g/mol. The quantitative estimate of drug-likeness (QED) is 0.705. The van der Waals surface area contributed by atoms with E-state index >= 15 is 0 Å². The summed E-state index contributed by atoms with van der Waals surface area (Å²) in [6.45, 7) is 8.82. The highest BCUT2D eigenvalue weighted by Gasteiger charge is 2.21. The molecule has 3 nitrogen and oxygen atoms in total. The van der Waals surface area contributed by atoms with Gasteiger partial charge in [-0.25, -0.2) is 0 Å². The lowest BCUT2D eigenvalue weighted by molar-refractivity contribution is -0.134. The highest BCUT2D eigenvalue weighted by Crippen LogP contribution is 2.06. The monoisotopic (exact) mass is 186 g/mol. The minimum atomic E-state index is -0.325. The maximum atomic E-state index is 11.7. The molecule has 0 saturated carbocycles. The number of carbonyl (C=O) groups is 1. The number of carbonyl (C=O) groups excluding carboxylic acids is 1. The second-order valence-electron chi connectivity index (χ2n) is 3.40. The van der Waals surface area contributed by atoms with Gasteiger partial charge in [-0.2, -0.15) is 0 Å². The Morgan fingerprint density at radius 2 is 1.85 bits per heavy atom. The molecule has 1 amide bonds.